The largest absolute Gasteiger partial charge is 0.488 e. The van der Waals surface area contributed by atoms with Gasteiger partial charge in [0.25, 0.3) is 0 Å². The highest BCUT2D eigenvalue weighted by atomic mass is 35.5. The molecule has 20 aromatic rings. The average Bonchev–Trinajstić information content (AvgIpc) is 1.53. The number of nitrogens with zero attached hydrogens (tertiary/aromatic N) is 6. The minimum atomic E-state index is -1.43. The first-order chi connectivity index (χ1) is 60.7. The van der Waals surface area contributed by atoms with Crippen LogP contribution in [0.5, 0.6) is 0 Å². The maximum atomic E-state index is 9.47. The lowest BCUT2D eigenvalue weighted by molar-refractivity contribution is 0.425. The van der Waals surface area contributed by atoms with E-state index in [2.05, 4.69) is 402 Å². The van der Waals surface area contributed by atoms with Crippen molar-refractivity contribution in [1.29, 1.82) is 0 Å². The van der Waals surface area contributed by atoms with Gasteiger partial charge in [-0.1, -0.05) is 398 Å². The predicted molar refractivity (Wildman–Crippen MR) is 508 cm³/mol. The second-order valence-corrected chi connectivity index (χ2v) is 34.2. The van der Waals surface area contributed by atoms with Crippen LogP contribution in [-0.4, -0.2) is 47.1 Å². The van der Waals surface area contributed by atoms with Gasteiger partial charge in [-0.2, -0.15) is 9.97 Å². The Balaban J connectivity index is 0.000000123. The minimum Gasteiger partial charge on any atom is -0.423 e. The fourth-order valence-electron chi connectivity index (χ4n) is 20.5. The molecule has 0 radical (unpaired) electrons. The summed E-state index contributed by atoms with van der Waals surface area (Å²) in [5.41, 5.74) is 28.7. The third-order valence-corrected chi connectivity index (χ3v) is 26.6. The van der Waals surface area contributed by atoms with Crippen molar-refractivity contribution in [3.63, 3.8) is 0 Å². The van der Waals surface area contributed by atoms with Crippen molar-refractivity contribution in [3.05, 3.63) is 472 Å². The van der Waals surface area contributed by atoms with Gasteiger partial charge in [0, 0.05) is 38.6 Å². The summed E-state index contributed by atoms with van der Waals surface area (Å²) in [5, 5.41) is 28.8. The summed E-state index contributed by atoms with van der Waals surface area (Å²) in [4.78, 5) is 30.0. The number of hydrogen-bond donors (Lipinski definition) is 2. The van der Waals surface area contributed by atoms with Crippen LogP contribution in [0, 0.1) is 0 Å². The molecule has 0 bridgehead atoms. The molecule has 0 amide bonds. The van der Waals surface area contributed by atoms with Gasteiger partial charge >= 0.3 is 7.12 Å². The Bertz CT molecular complexity index is 7610. The van der Waals surface area contributed by atoms with E-state index in [0.717, 1.165) is 49.5 Å². The van der Waals surface area contributed by atoms with E-state index >= 15 is 0 Å². The second kappa shape index (κ2) is 29.9. The molecule has 10 heteroatoms. The topological polar surface area (TPSA) is 118 Å². The lowest BCUT2D eigenvalue weighted by Gasteiger charge is -2.34. The third-order valence-electron chi connectivity index (χ3n) is 26.4. The van der Waals surface area contributed by atoms with E-state index in [1.54, 1.807) is 6.07 Å². The maximum Gasteiger partial charge on any atom is 0.488 e. The zero-order valence-corrected chi connectivity index (χ0v) is 69.4. The van der Waals surface area contributed by atoms with Crippen molar-refractivity contribution in [3.8, 4) is 101 Å². The SMILES string of the molecule is CC1(C)c2cc(-c3nc(-c4ccc5c(c4)C(c4ccccc4)(c4ccccc4)c4ccccc4-5)nc(-c4ccc5ccccc5c4)n3)ccc2-c2c1ccc1ccccc21.CC1(C)c2cc(B(O)O)ccc2-c2c1ccc1ccccc21.Clc1nc(-c2ccc3c(c2)C(c2ccccc2)(c2ccccc2)c2ccccc2-3)nc(-c2ccc3ccccc3c2)n1. The highest BCUT2D eigenvalue weighted by molar-refractivity contribution is 6.58. The van der Waals surface area contributed by atoms with Gasteiger partial charge in [-0.05, 0) is 202 Å². The zero-order valence-electron chi connectivity index (χ0n) is 68.6. The highest BCUT2D eigenvalue weighted by Gasteiger charge is 2.49. The summed E-state index contributed by atoms with van der Waals surface area (Å²) >= 11 is 6.54. The van der Waals surface area contributed by atoms with Gasteiger partial charge in [0.1, 0.15) is 0 Å². The summed E-state index contributed by atoms with van der Waals surface area (Å²) in [6.07, 6.45) is 0. The Morgan fingerprint density at radius 2 is 0.516 bits per heavy atom. The van der Waals surface area contributed by atoms with Gasteiger partial charge in [-0.3, -0.25) is 0 Å². The molecule has 0 fully saturated rings. The lowest BCUT2D eigenvalue weighted by atomic mass is 9.67. The third kappa shape index (κ3) is 12.2. The molecule has 24 rings (SSSR count). The van der Waals surface area contributed by atoms with Crippen LogP contribution in [0.25, 0.3) is 145 Å². The molecule has 0 saturated heterocycles. The van der Waals surface area contributed by atoms with Gasteiger partial charge in [0.2, 0.25) is 5.28 Å². The molecule has 0 unspecified atom stereocenters. The number of fused-ring (bicyclic) bond motifs is 18. The van der Waals surface area contributed by atoms with E-state index in [1.807, 2.05) is 30.3 Å². The van der Waals surface area contributed by atoms with Crippen LogP contribution in [0.3, 0.4) is 0 Å². The second-order valence-electron chi connectivity index (χ2n) is 33.9. The van der Waals surface area contributed by atoms with Gasteiger partial charge in [0.15, 0.2) is 29.1 Å². The quantitative estimate of drug-likeness (QED) is 0.130. The molecule has 2 heterocycles. The summed E-state index contributed by atoms with van der Waals surface area (Å²) < 4.78 is 0. The first-order valence-electron chi connectivity index (χ1n) is 42.3. The van der Waals surface area contributed by atoms with Gasteiger partial charge < -0.3 is 10.0 Å². The fourth-order valence-corrected chi connectivity index (χ4v) is 20.7. The van der Waals surface area contributed by atoms with Gasteiger partial charge in [-0.25, -0.2) is 19.9 Å². The molecule has 8 nitrogen and oxygen atoms in total. The number of aromatic nitrogens is 6. The fraction of sp³-hybridized carbons (Fsp3) is 0.0702. The summed E-state index contributed by atoms with van der Waals surface area (Å²) in [6.45, 7) is 9.06. The minimum absolute atomic E-state index is 0.139. The normalized spacial score (nSPS) is 13.9. The number of halogens is 1. The molecule has 588 valence electrons. The molecular formula is C114H80BClN6O2. The van der Waals surface area contributed by atoms with Crippen LogP contribution in [0.15, 0.2) is 400 Å². The predicted octanol–water partition coefficient (Wildman–Crippen LogP) is 26.0. The van der Waals surface area contributed by atoms with E-state index in [9.17, 15) is 10.0 Å². The molecular weight excluding hydrogens is 1530 g/mol. The standard InChI is InChI=1S/C57H39N3.C38H24ClN3.C19H17BO2/c1-56(2)49-32-29-37-16-11-12-22-44(37)52(49)47-31-28-40(34-50(47)56)54-58-53(39-26-25-36-15-9-10-17-38(36)33-39)59-55(60-54)41-27-30-46-45-23-13-14-24-48(45)57(51(46)35-41,42-18-5-3-6-19-42)43-20-7-4-8-21-43;39-37-41-35(27-20-19-25-11-7-8-12-26(25)23-27)40-36(42-37)28-21-22-32-31-17-9-10-18-33(31)38(34(32)24-28,29-13-3-1-4-14-29)30-15-5-2-6-16-30;1-19(2)16-10-7-12-5-3-4-6-14(12)18(16)15-9-8-13(20(21)22)11-17(15)19/h3-35H,1-2H3;1-24H;3-11,21-22H,1-2H3. The van der Waals surface area contributed by atoms with Crippen molar-refractivity contribution < 1.29 is 10.0 Å². The lowest BCUT2D eigenvalue weighted by Crippen LogP contribution is -2.31. The first kappa shape index (κ1) is 75.5. The van der Waals surface area contributed by atoms with E-state index < -0.39 is 17.9 Å². The Labute approximate surface area is 725 Å². The van der Waals surface area contributed by atoms with E-state index in [1.165, 1.54) is 133 Å². The van der Waals surface area contributed by atoms with Crippen molar-refractivity contribution >= 4 is 67.3 Å². The Hall–Kier alpha value is -14.7. The van der Waals surface area contributed by atoms with Crippen LogP contribution < -0.4 is 5.46 Å². The first-order valence-corrected chi connectivity index (χ1v) is 42.7. The molecule has 4 aliphatic rings. The van der Waals surface area contributed by atoms with Gasteiger partial charge in [0.05, 0.1) is 10.8 Å². The number of benzene rings is 18. The van der Waals surface area contributed by atoms with Crippen LogP contribution in [0.4, 0.5) is 0 Å². The van der Waals surface area contributed by atoms with Crippen molar-refractivity contribution in [1.82, 2.24) is 29.9 Å². The van der Waals surface area contributed by atoms with E-state index in [-0.39, 0.29) is 16.1 Å². The molecule has 2 aromatic heterocycles. The average molecular weight is 1610 g/mol. The Morgan fingerprint density at radius 1 is 0.226 bits per heavy atom. The van der Waals surface area contributed by atoms with Crippen molar-refractivity contribution in [2.75, 3.05) is 0 Å². The monoisotopic (exact) mass is 1610 g/mol. The molecule has 0 aliphatic heterocycles. The van der Waals surface area contributed by atoms with Gasteiger partial charge in [-0.15, -0.1) is 0 Å². The molecule has 0 saturated carbocycles. The highest BCUT2D eigenvalue weighted by Crippen LogP contribution is 2.60. The molecule has 4 aliphatic carbocycles. The van der Waals surface area contributed by atoms with E-state index in [0.29, 0.717) is 34.6 Å². The molecule has 124 heavy (non-hydrogen) atoms. The summed E-state index contributed by atoms with van der Waals surface area (Å²) in [7, 11) is -1.43. The Kier molecular flexibility index (Phi) is 18.2. The smallest absolute Gasteiger partial charge is 0.423 e. The van der Waals surface area contributed by atoms with Crippen molar-refractivity contribution in [2.45, 2.75) is 49.4 Å². The number of rotatable bonds is 10. The van der Waals surface area contributed by atoms with Crippen LogP contribution >= 0.6 is 11.6 Å². The Morgan fingerprint density at radius 3 is 0.919 bits per heavy atom. The zero-order chi connectivity index (χ0) is 83.6. The van der Waals surface area contributed by atoms with E-state index in [4.69, 9.17) is 31.5 Å². The van der Waals surface area contributed by atoms with Crippen LogP contribution in [0.1, 0.15) is 94.5 Å². The van der Waals surface area contributed by atoms with Crippen LogP contribution in [-0.2, 0) is 21.7 Å². The molecule has 0 spiro atoms. The summed E-state index contributed by atoms with van der Waals surface area (Å²) in [6, 6.07) is 142. The number of hydrogen-bond acceptors (Lipinski definition) is 8. The molecule has 18 aromatic carbocycles. The van der Waals surface area contributed by atoms with Crippen molar-refractivity contribution in [2.24, 2.45) is 0 Å². The van der Waals surface area contributed by atoms with Crippen LogP contribution in [0.2, 0.25) is 5.28 Å². The summed E-state index contributed by atoms with van der Waals surface area (Å²) in [5.74, 6) is 3.05. The maximum absolute atomic E-state index is 9.47. The molecule has 0 atom stereocenters. The molecule has 2 N–H and O–H groups in total.